The number of ether oxygens (including phenoxy) is 3. The number of hydrogen-bond acceptors (Lipinski definition) is 6. The molecule has 416 valence electrons. The number of hydrogen-bond donors (Lipinski definition) is 0. The van der Waals surface area contributed by atoms with Gasteiger partial charge >= 0.3 is 17.9 Å². The molecule has 0 aromatic rings. The molecule has 6 heteroatoms. The van der Waals surface area contributed by atoms with Gasteiger partial charge in [-0.15, -0.1) is 0 Å². The summed E-state index contributed by atoms with van der Waals surface area (Å²) in [6.07, 6.45) is 72.8. The summed E-state index contributed by atoms with van der Waals surface area (Å²) in [5, 5.41) is 0. The summed E-state index contributed by atoms with van der Waals surface area (Å²) in [4.78, 5) is 38.3. The molecule has 1 atom stereocenters. The average molecular weight is 998 g/mol. The van der Waals surface area contributed by atoms with Crippen LogP contribution in [-0.2, 0) is 28.6 Å². The molecule has 0 aromatic carbocycles. The molecular formula is C65H120O6. The second-order valence-electron chi connectivity index (χ2n) is 21.4. The summed E-state index contributed by atoms with van der Waals surface area (Å²) >= 11 is 0. The van der Waals surface area contributed by atoms with Crippen molar-refractivity contribution in [1.82, 2.24) is 0 Å². The third kappa shape index (κ3) is 58.4. The first-order chi connectivity index (χ1) is 35.0. The highest BCUT2D eigenvalue weighted by molar-refractivity contribution is 5.71. The number of carbonyl (C=O) groups excluding carboxylic acids is 3. The summed E-state index contributed by atoms with van der Waals surface area (Å²) in [6.45, 7) is 6.66. The molecule has 0 aliphatic carbocycles. The number of unbranched alkanes of at least 4 members (excludes halogenated alkanes) is 42. The molecule has 0 spiro atoms. The molecule has 0 amide bonds. The maximum Gasteiger partial charge on any atom is 0.306 e. The van der Waals surface area contributed by atoms with E-state index in [2.05, 4.69) is 57.2 Å². The molecule has 0 aliphatic heterocycles. The predicted octanol–water partition coefficient (Wildman–Crippen LogP) is 21.2. The van der Waals surface area contributed by atoms with E-state index in [0.29, 0.717) is 19.3 Å². The van der Waals surface area contributed by atoms with E-state index in [1.54, 1.807) is 0 Å². The van der Waals surface area contributed by atoms with Crippen molar-refractivity contribution in [1.29, 1.82) is 0 Å². The van der Waals surface area contributed by atoms with Crippen LogP contribution in [0.25, 0.3) is 0 Å². The van der Waals surface area contributed by atoms with E-state index < -0.39 is 6.10 Å². The highest BCUT2D eigenvalue weighted by atomic mass is 16.6. The van der Waals surface area contributed by atoms with Crippen molar-refractivity contribution >= 4 is 17.9 Å². The second kappa shape index (κ2) is 60.2. The van der Waals surface area contributed by atoms with Gasteiger partial charge in [-0.3, -0.25) is 14.4 Å². The van der Waals surface area contributed by atoms with Crippen LogP contribution in [0.4, 0.5) is 0 Å². The molecule has 0 fully saturated rings. The molecule has 0 heterocycles. The van der Waals surface area contributed by atoms with Crippen LogP contribution in [0.2, 0.25) is 0 Å². The molecule has 0 aliphatic rings. The van der Waals surface area contributed by atoms with Crippen LogP contribution in [0.1, 0.15) is 342 Å². The lowest BCUT2D eigenvalue weighted by Gasteiger charge is -2.18. The van der Waals surface area contributed by atoms with E-state index in [1.165, 1.54) is 238 Å². The van der Waals surface area contributed by atoms with Crippen LogP contribution in [-0.4, -0.2) is 37.2 Å². The smallest absolute Gasteiger partial charge is 0.306 e. The van der Waals surface area contributed by atoms with Crippen molar-refractivity contribution in [3.8, 4) is 0 Å². The van der Waals surface area contributed by atoms with Crippen LogP contribution in [0, 0.1) is 0 Å². The highest BCUT2D eigenvalue weighted by Crippen LogP contribution is 2.17. The number of allylic oxidation sites excluding steroid dienone is 6. The fourth-order valence-electron chi connectivity index (χ4n) is 9.37. The van der Waals surface area contributed by atoms with Gasteiger partial charge in [0.25, 0.3) is 0 Å². The average Bonchev–Trinajstić information content (AvgIpc) is 3.37. The maximum absolute atomic E-state index is 12.9. The minimum atomic E-state index is -0.777. The Hall–Kier alpha value is -2.37. The van der Waals surface area contributed by atoms with E-state index >= 15 is 0 Å². The molecule has 1 unspecified atom stereocenters. The van der Waals surface area contributed by atoms with Gasteiger partial charge < -0.3 is 14.2 Å². The molecule has 0 aromatic heterocycles. The molecular weight excluding hydrogens is 877 g/mol. The summed E-state index contributed by atoms with van der Waals surface area (Å²) in [5.41, 5.74) is 0. The molecule has 0 rings (SSSR count). The first kappa shape index (κ1) is 68.6. The second-order valence-corrected chi connectivity index (χ2v) is 21.4. The Morgan fingerprint density at radius 2 is 0.507 bits per heavy atom. The van der Waals surface area contributed by atoms with Crippen molar-refractivity contribution in [2.75, 3.05) is 13.2 Å². The lowest BCUT2D eigenvalue weighted by Crippen LogP contribution is -2.30. The highest BCUT2D eigenvalue weighted by Gasteiger charge is 2.19. The Balaban J connectivity index is 4.34. The van der Waals surface area contributed by atoms with Crippen LogP contribution in [0.5, 0.6) is 0 Å². The standard InChI is InChI=1S/C65H120O6/c1-4-7-10-13-16-19-22-25-28-30-32-34-37-40-43-46-49-52-55-58-64(67)70-61-62(60-69-63(66)57-54-51-48-45-42-39-36-27-24-21-18-15-12-9-6-3)71-65(68)59-56-53-50-47-44-41-38-35-33-31-29-26-23-20-17-14-11-8-5-2/h18,21,24,27,30,32,62H,4-17,19-20,22-23,25-26,28-29,31,33-61H2,1-3H3/b21-18-,27-24-,32-30-. The van der Waals surface area contributed by atoms with Crippen molar-refractivity contribution < 1.29 is 28.6 Å². The Bertz CT molecular complexity index is 1190. The van der Waals surface area contributed by atoms with Gasteiger partial charge in [-0.2, -0.15) is 0 Å². The summed E-state index contributed by atoms with van der Waals surface area (Å²) in [7, 11) is 0. The molecule has 0 N–H and O–H groups in total. The van der Waals surface area contributed by atoms with Gasteiger partial charge in [0.1, 0.15) is 13.2 Å². The van der Waals surface area contributed by atoms with Gasteiger partial charge in [0.2, 0.25) is 0 Å². The van der Waals surface area contributed by atoms with E-state index in [0.717, 1.165) is 64.2 Å². The summed E-state index contributed by atoms with van der Waals surface area (Å²) < 4.78 is 16.9. The fourth-order valence-corrected chi connectivity index (χ4v) is 9.37. The lowest BCUT2D eigenvalue weighted by molar-refractivity contribution is -0.167. The zero-order valence-electron chi connectivity index (χ0n) is 47.8. The molecule has 0 radical (unpaired) electrons. The van der Waals surface area contributed by atoms with Crippen molar-refractivity contribution in [2.24, 2.45) is 0 Å². The van der Waals surface area contributed by atoms with Crippen LogP contribution >= 0.6 is 0 Å². The third-order valence-electron chi connectivity index (χ3n) is 14.1. The first-order valence-electron chi connectivity index (χ1n) is 31.5. The van der Waals surface area contributed by atoms with Gasteiger partial charge in [-0.1, -0.05) is 288 Å². The van der Waals surface area contributed by atoms with Crippen LogP contribution in [0.15, 0.2) is 36.5 Å². The fraction of sp³-hybridized carbons (Fsp3) is 0.862. The van der Waals surface area contributed by atoms with Gasteiger partial charge in [0.05, 0.1) is 0 Å². The molecule has 0 bridgehead atoms. The Labute approximate surface area is 442 Å². The third-order valence-corrected chi connectivity index (χ3v) is 14.1. The van der Waals surface area contributed by atoms with Gasteiger partial charge in [0.15, 0.2) is 6.10 Å². The minimum Gasteiger partial charge on any atom is -0.462 e. The van der Waals surface area contributed by atoms with Crippen molar-refractivity contribution in [3.63, 3.8) is 0 Å². The Morgan fingerprint density at radius 1 is 0.282 bits per heavy atom. The quantitative estimate of drug-likeness (QED) is 0.0199. The predicted molar refractivity (Wildman–Crippen MR) is 307 cm³/mol. The number of carbonyl (C=O) groups is 3. The van der Waals surface area contributed by atoms with Crippen molar-refractivity contribution in [3.05, 3.63) is 36.5 Å². The van der Waals surface area contributed by atoms with E-state index in [1.807, 2.05) is 0 Å². The zero-order chi connectivity index (χ0) is 51.4. The van der Waals surface area contributed by atoms with Gasteiger partial charge in [0, 0.05) is 19.3 Å². The Kier molecular flexibility index (Phi) is 58.2. The van der Waals surface area contributed by atoms with Crippen molar-refractivity contribution in [2.45, 2.75) is 348 Å². The largest absolute Gasteiger partial charge is 0.462 e. The monoisotopic (exact) mass is 997 g/mol. The van der Waals surface area contributed by atoms with E-state index in [-0.39, 0.29) is 31.1 Å². The van der Waals surface area contributed by atoms with Gasteiger partial charge in [-0.05, 0) is 70.6 Å². The maximum atomic E-state index is 12.9. The first-order valence-corrected chi connectivity index (χ1v) is 31.5. The van der Waals surface area contributed by atoms with E-state index in [9.17, 15) is 14.4 Å². The number of esters is 3. The molecule has 71 heavy (non-hydrogen) atoms. The van der Waals surface area contributed by atoms with E-state index in [4.69, 9.17) is 14.2 Å². The van der Waals surface area contributed by atoms with Crippen LogP contribution < -0.4 is 0 Å². The SMILES string of the molecule is CCCCC/C=C\C=C/CCCCCCCCC(=O)OCC(COC(=O)CCCCCCCCC/C=C\CCCCCCCCCC)OC(=O)CCCCCCCCCCCCCCCCCCCCC. The van der Waals surface area contributed by atoms with Crippen LogP contribution in [0.3, 0.4) is 0 Å². The lowest BCUT2D eigenvalue weighted by atomic mass is 10.0. The van der Waals surface area contributed by atoms with Gasteiger partial charge in [-0.25, -0.2) is 0 Å². The minimum absolute atomic E-state index is 0.0744. The molecule has 6 nitrogen and oxygen atoms in total. The number of rotatable bonds is 58. The molecule has 0 saturated heterocycles. The normalized spacial score (nSPS) is 12.2. The summed E-state index contributed by atoms with van der Waals surface area (Å²) in [5.74, 6) is -0.867. The topological polar surface area (TPSA) is 78.9 Å². The zero-order valence-corrected chi connectivity index (χ0v) is 47.8. The molecule has 0 saturated carbocycles. The summed E-state index contributed by atoms with van der Waals surface area (Å²) in [6, 6.07) is 0. The Morgan fingerprint density at radius 3 is 0.817 bits per heavy atom.